The predicted octanol–water partition coefficient (Wildman–Crippen LogP) is 3.84. The van der Waals surface area contributed by atoms with Gasteiger partial charge in [-0.15, -0.1) is 0 Å². The number of rotatable bonds is 6. The third-order valence-electron chi connectivity index (χ3n) is 5.02. The monoisotopic (exact) mass is 440 g/mol. The van der Waals surface area contributed by atoms with Crippen LogP contribution in [0.5, 0.6) is 5.75 Å². The summed E-state index contributed by atoms with van der Waals surface area (Å²) in [5.41, 5.74) is 2.83. The SMILES string of the molecule is Cc1cc(-n2c(C)cc(C(=O)COC(=O)/C=C/c3cc(F)cc4c3OCOC4)c2C)no1. The van der Waals surface area contributed by atoms with E-state index < -0.39 is 18.4 Å². The van der Waals surface area contributed by atoms with Crippen molar-refractivity contribution in [2.45, 2.75) is 27.4 Å². The van der Waals surface area contributed by atoms with Gasteiger partial charge >= 0.3 is 5.97 Å². The fourth-order valence-corrected chi connectivity index (χ4v) is 3.61. The van der Waals surface area contributed by atoms with Crippen LogP contribution in [0.3, 0.4) is 0 Å². The van der Waals surface area contributed by atoms with Crippen LogP contribution in [0.1, 0.15) is 38.6 Å². The highest BCUT2D eigenvalue weighted by Crippen LogP contribution is 2.30. The Morgan fingerprint density at radius 3 is 2.78 bits per heavy atom. The molecule has 0 aliphatic carbocycles. The first kappa shape index (κ1) is 21.5. The smallest absolute Gasteiger partial charge is 0.331 e. The van der Waals surface area contributed by atoms with Crippen LogP contribution in [0.4, 0.5) is 4.39 Å². The molecule has 0 spiro atoms. The van der Waals surface area contributed by atoms with E-state index in [-0.39, 0.29) is 19.2 Å². The largest absolute Gasteiger partial charge is 0.467 e. The number of fused-ring (bicyclic) bond motifs is 1. The molecule has 9 heteroatoms. The van der Waals surface area contributed by atoms with Gasteiger partial charge in [-0.25, -0.2) is 9.18 Å². The molecule has 0 radical (unpaired) electrons. The second-order valence-electron chi connectivity index (χ2n) is 7.37. The Labute approximate surface area is 183 Å². The summed E-state index contributed by atoms with van der Waals surface area (Å²) < 4.78 is 36.3. The van der Waals surface area contributed by atoms with Crippen molar-refractivity contribution in [1.29, 1.82) is 0 Å². The van der Waals surface area contributed by atoms with E-state index in [9.17, 15) is 14.0 Å². The summed E-state index contributed by atoms with van der Waals surface area (Å²) in [7, 11) is 0. The average molecular weight is 440 g/mol. The van der Waals surface area contributed by atoms with Crippen molar-refractivity contribution in [2.75, 3.05) is 13.4 Å². The third-order valence-corrected chi connectivity index (χ3v) is 5.02. The Kier molecular flexibility index (Phi) is 5.91. The van der Waals surface area contributed by atoms with Crippen LogP contribution < -0.4 is 4.74 Å². The maximum atomic E-state index is 13.8. The van der Waals surface area contributed by atoms with Gasteiger partial charge in [0.2, 0.25) is 5.78 Å². The average Bonchev–Trinajstić information content (AvgIpc) is 3.31. The molecule has 0 saturated heterocycles. The Morgan fingerprint density at radius 1 is 1.22 bits per heavy atom. The Balaban J connectivity index is 1.43. The lowest BCUT2D eigenvalue weighted by atomic mass is 10.1. The minimum Gasteiger partial charge on any atom is -0.467 e. The molecular formula is C23H21FN2O6. The highest BCUT2D eigenvalue weighted by molar-refractivity contribution is 6.00. The number of halogens is 1. The normalized spacial score (nSPS) is 13.1. The second-order valence-corrected chi connectivity index (χ2v) is 7.37. The van der Waals surface area contributed by atoms with Gasteiger partial charge in [0, 0.05) is 40.2 Å². The van der Waals surface area contributed by atoms with Gasteiger partial charge in [0.1, 0.15) is 17.3 Å². The van der Waals surface area contributed by atoms with Crippen LogP contribution in [-0.2, 0) is 20.9 Å². The zero-order valence-electron chi connectivity index (χ0n) is 17.8. The Hall–Kier alpha value is -3.72. The summed E-state index contributed by atoms with van der Waals surface area (Å²) in [5.74, 6) is 0.118. The van der Waals surface area contributed by atoms with Crippen molar-refractivity contribution in [3.8, 4) is 11.6 Å². The van der Waals surface area contributed by atoms with Gasteiger partial charge in [-0.3, -0.25) is 9.36 Å². The molecule has 4 rings (SSSR count). The van der Waals surface area contributed by atoms with Gasteiger partial charge in [0.25, 0.3) is 0 Å². The lowest BCUT2D eigenvalue weighted by molar-refractivity contribution is -0.136. The van der Waals surface area contributed by atoms with Gasteiger partial charge in [-0.2, -0.15) is 0 Å². The summed E-state index contributed by atoms with van der Waals surface area (Å²) >= 11 is 0. The summed E-state index contributed by atoms with van der Waals surface area (Å²) in [6, 6.07) is 6.04. The highest BCUT2D eigenvalue weighted by atomic mass is 19.1. The molecule has 1 aliphatic rings. The van der Waals surface area contributed by atoms with E-state index in [1.165, 1.54) is 18.2 Å². The molecule has 0 fully saturated rings. The van der Waals surface area contributed by atoms with E-state index in [0.717, 1.165) is 11.8 Å². The fraction of sp³-hybridized carbons (Fsp3) is 0.261. The van der Waals surface area contributed by atoms with Gasteiger partial charge in [0.15, 0.2) is 19.2 Å². The molecule has 2 aromatic heterocycles. The third kappa shape index (κ3) is 4.33. The lowest BCUT2D eigenvalue weighted by Gasteiger charge is -2.19. The molecule has 166 valence electrons. The number of aromatic nitrogens is 2. The number of carbonyl (C=O) groups excluding carboxylic acids is 2. The molecule has 8 nitrogen and oxygen atoms in total. The number of ether oxygens (including phenoxy) is 3. The number of hydrogen-bond acceptors (Lipinski definition) is 7. The van der Waals surface area contributed by atoms with Crippen LogP contribution in [0.2, 0.25) is 0 Å². The van der Waals surface area contributed by atoms with Crippen molar-refractivity contribution < 1.29 is 32.7 Å². The Morgan fingerprint density at radius 2 is 2.03 bits per heavy atom. The topological polar surface area (TPSA) is 92.8 Å². The minimum atomic E-state index is -0.732. The number of hydrogen-bond donors (Lipinski definition) is 0. The number of esters is 1. The lowest BCUT2D eigenvalue weighted by Crippen LogP contribution is -2.14. The van der Waals surface area contributed by atoms with E-state index in [2.05, 4.69) is 5.16 Å². The van der Waals surface area contributed by atoms with Crippen LogP contribution in [-0.4, -0.2) is 34.9 Å². The Bertz CT molecular complexity index is 1220. The fourth-order valence-electron chi connectivity index (χ4n) is 3.61. The molecular weight excluding hydrogens is 419 g/mol. The standard InChI is InChI=1S/C23H21FN2O6/c1-13-6-19(15(3)26(13)21-7-14(2)32-25-21)20(27)11-30-22(28)5-4-16-8-18(24)9-17-10-29-12-31-23(16)17/h4-9H,10-12H2,1-3H3/b5-4+. The maximum absolute atomic E-state index is 13.8. The predicted molar refractivity (Wildman–Crippen MR) is 111 cm³/mol. The maximum Gasteiger partial charge on any atom is 0.331 e. The van der Waals surface area contributed by atoms with Crippen LogP contribution in [0, 0.1) is 26.6 Å². The van der Waals surface area contributed by atoms with Crippen molar-refractivity contribution in [3.05, 3.63) is 70.0 Å². The quantitative estimate of drug-likeness (QED) is 0.327. The van der Waals surface area contributed by atoms with Gasteiger partial charge in [-0.1, -0.05) is 5.16 Å². The molecule has 32 heavy (non-hydrogen) atoms. The second kappa shape index (κ2) is 8.80. The summed E-state index contributed by atoms with van der Waals surface area (Å²) in [6.45, 7) is 5.24. The first-order valence-electron chi connectivity index (χ1n) is 9.87. The number of nitrogens with zero attached hydrogens (tertiary/aromatic N) is 2. The molecule has 0 saturated carbocycles. The van der Waals surface area contributed by atoms with Crippen molar-refractivity contribution >= 4 is 17.8 Å². The van der Waals surface area contributed by atoms with E-state index in [1.54, 1.807) is 30.5 Å². The first-order valence-corrected chi connectivity index (χ1v) is 9.87. The zero-order valence-corrected chi connectivity index (χ0v) is 17.8. The molecule has 1 aliphatic heterocycles. The molecule has 0 atom stereocenters. The van der Waals surface area contributed by atoms with Crippen LogP contribution >= 0.6 is 0 Å². The zero-order chi connectivity index (χ0) is 22.8. The molecule has 0 N–H and O–H groups in total. The number of Topliss-reactive ketones (excluding diaryl/α,β-unsaturated/α-hetero) is 1. The van der Waals surface area contributed by atoms with E-state index in [0.29, 0.717) is 39.7 Å². The van der Waals surface area contributed by atoms with E-state index in [1.807, 2.05) is 6.92 Å². The summed E-state index contributed by atoms with van der Waals surface area (Å²) in [5, 5.41) is 3.98. The van der Waals surface area contributed by atoms with Crippen molar-refractivity contribution in [2.24, 2.45) is 0 Å². The van der Waals surface area contributed by atoms with Crippen LogP contribution in [0.25, 0.3) is 11.9 Å². The minimum absolute atomic E-state index is 0.0464. The molecule has 3 aromatic rings. The van der Waals surface area contributed by atoms with Crippen molar-refractivity contribution in [3.63, 3.8) is 0 Å². The van der Waals surface area contributed by atoms with Crippen molar-refractivity contribution in [1.82, 2.24) is 9.72 Å². The highest BCUT2D eigenvalue weighted by Gasteiger charge is 2.20. The summed E-state index contributed by atoms with van der Waals surface area (Å²) in [4.78, 5) is 24.8. The molecule has 0 bridgehead atoms. The first-order chi connectivity index (χ1) is 15.3. The number of carbonyl (C=O) groups is 2. The van der Waals surface area contributed by atoms with Gasteiger partial charge < -0.3 is 18.7 Å². The summed E-state index contributed by atoms with van der Waals surface area (Å²) in [6.07, 6.45) is 2.52. The van der Waals surface area contributed by atoms with Crippen LogP contribution in [0.15, 0.2) is 34.9 Å². The van der Waals surface area contributed by atoms with Gasteiger partial charge in [-0.05, 0) is 45.0 Å². The van der Waals surface area contributed by atoms with E-state index in [4.69, 9.17) is 18.7 Å². The number of aryl methyl sites for hydroxylation is 2. The number of ketones is 1. The van der Waals surface area contributed by atoms with E-state index >= 15 is 0 Å². The molecule has 1 aromatic carbocycles. The number of benzene rings is 1. The molecule has 0 unspecified atom stereocenters. The molecule has 3 heterocycles. The molecule has 0 amide bonds. The van der Waals surface area contributed by atoms with Gasteiger partial charge in [0.05, 0.1) is 6.61 Å².